The van der Waals surface area contributed by atoms with E-state index >= 15 is 0 Å². The Balaban J connectivity index is 2.56. The third kappa shape index (κ3) is 2.04. The fourth-order valence-electron chi connectivity index (χ4n) is 1.37. The van der Waals surface area contributed by atoms with Crippen molar-refractivity contribution < 1.29 is 0 Å². The Bertz CT molecular complexity index is 521. The van der Waals surface area contributed by atoms with E-state index in [4.69, 9.17) is 11.6 Å². The van der Waals surface area contributed by atoms with E-state index in [9.17, 15) is 0 Å². The first-order chi connectivity index (χ1) is 7.58. The highest BCUT2D eigenvalue weighted by molar-refractivity contribution is 6.31. The number of nitrogens with zero attached hydrogens (tertiary/aromatic N) is 3. The lowest BCUT2D eigenvalue weighted by Gasteiger charge is -2.06. The summed E-state index contributed by atoms with van der Waals surface area (Å²) in [6.45, 7) is 5.76. The number of aromatic nitrogens is 3. The van der Waals surface area contributed by atoms with Crippen molar-refractivity contribution in [1.82, 2.24) is 15.0 Å². The van der Waals surface area contributed by atoms with E-state index in [0.717, 1.165) is 22.6 Å². The van der Waals surface area contributed by atoms with Gasteiger partial charge in [0.2, 0.25) is 0 Å². The predicted octanol–water partition coefficient (Wildman–Crippen LogP) is 3.12. The zero-order chi connectivity index (χ0) is 11.7. The number of rotatable bonds is 1. The Morgan fingerprint density at radius 3 is 2.31 bits per heavy atom. The Morgan fingerprint density at radius 2 is 1.69 bits per heavy atom. The van der Waals surface area contributed by atoms with Gasteiger partial charge in [-0.05, 0) is 32.9 Å². The molecule has 0 saturated heterocycles. The van der Waals surface area contributed by atoms with E-state index in [1.807, 2.05) is 32.9 Å². The van der Waals surface area contributed by atoms with E-state index in [2.05, 4.69) is 15.0 Å². The van der Waals surface area contributed by atoms with Gasteiger partial charge in [-0.3, -0.25) is 4.98 Å². The van der Waals surface area contributed by atoms with Crippen LogP contribution >= 0.6 is 11.6 Å². The summed E-state index contributed by atoms with van der Waals surface area (Å²) in [5, 5.41) is 0.425. The van der Waals surface area contributed by atoms with Crippen LogP contribution in [0.15, 0.2) is 18.3 Å². The molecule has 0 unspecified atom stereocenters. The summed E-state index contributed by atoms with van der Waals surface area (Å²) < 4.78 is 0. The number of aryl methyl sites for hydroxylation is 3. The van der Waals surface area contributed by atoms with Gasteiger partial charge in [0.25, 0.3) is 0 Å². The molecule has 4 heteroatoms. The smallest absolute Gasteiger partial charge is 0.155 e. The van der Waals surface area contributed by atoms with Crippen LogP contribution in [0.5, 0.6) is 0 Å². The Morgan fingerprint density at radius 1 is 1.00 bits per heavy atom. The normalized spacial score (nSPS) is 10.5. The highest BCUT2D eigenvalue weighted by Gasteiger charge is 2.09. The maximum atomic E-state index is 6.07. The first kappa shape index (κ1) is 11.0. The van der Waals surface area contributed by atoms with Gasteiger partial charge in [-0.15, -0.1) is 0 Å². The van der Waals surface area contributed by atoms with Gasteiger partial charge >= 0.3 is 0 Å². The second kappa shape index (κ2) is 4.18. The summed E-state index contributed by atoms with van der Waals surface area (Å²) in [6.07, 6.45) is 1.76. The van der Waals surface area contributed by atoms with Crippen LogP contribution in [0, 0.1) is 20.8 Å². The van der Waals surface area contributed by atoms with Crippen molar-refractivity contribution in [3.05, 3.63) is 40.6 Å². The van der Waals surface area contributed by atoms with Crippen LogP contribution in [0.2, 0.25) is 5.15 Å². The summed E-state index contributed by atoms with van der Waals surface area (Å²) in [6, 6.07) is 3.88. The average molecular weight is 234 g/mol. The zero-order valence-electron chi connectivity index (χ0n) is 9.45. The molecular weight excluding hydrogens is 222 g/mol. The van der Waals surface area contributed by atoms with Gasteiger partial charge in [0, 0.05) is 17.5 Å². The van der Waals surface area contributed by atoms with Crippen molar-refractivity contribution in [2.45, 2.75) is 20.8 Å². The summed E-state index contributed by atoms with van der Waals surface area (Å²) in [5.74, 6) is 0. The Labute approximate surface area is 99.5 Å². The third-order valence-corrected chi connectivity index (χ3v) is 2.71. The molecule has 0 fully saturated rings. The van der Waals surface area contributed by atoms with Crippen LogP contribution < -0.4 is 0 Å². The second-order valence-corrected chi connectivity index (χ2v) is 4.08. The van der Waals surface area contributed by atoms with E-state index in [-0.39, 0.29) is 0 Å². The summed E-state index contributed by atoms with van der Waals surface area (Å²) in [7, 11) is 0. The number of hydrogen-bond acceptors (Lipinski definition) is 3. The molecule has 0 atom stereocenters. The van der Waals surface area contributed by atoms with Crippen molar-refractivity contribution in [3.8, 4) is 11.3 Å². The number of pyridine rings is 1. The topological polar surface area (TPSA) is 38.7 Å². The molecule has 82 valence electrons. The molecule has 16 heavy (non-hydrogen) atoms. The zero-order valence-corrected chi connectivity index (χ0v) is 10.2. The minimum Gasteiger partial charge on any atom is -0.261 e. The maximum Gasteiger partial charge on any atom is 0.155 e. The molecule has 2 heterocycles. The van der Waals surface area contributed by atoms with Crippen molar-refractivity contribution >= 4 is 11.6 Å². The predicted molar refractivity (Wildman–Crippen MR) is 64.5 cm³/mol. The third-order valence-electron chi connectivity index (χ3n) is 2.45. The summed E-state index contributed by atoms with van der Waals surface area (Å²) in [5.41, 5.74) is 4.30. The molecule has 0 N–H and O–H groups in total. The fourth-order valence-corrected chi connectivity index (χ4v) is 1.65. The van der Waals surface area contributed by atoms with Gasteiger partial charge in [-0.2, -0.15) is 0 Å². The van der Waals surface area contributed by atoms with Gasteiger partial charge in [0.1, 0.15) is 5.69 Å². The molecule has 0 radical (unpaired) electrons. The van der Waals surface area contributed by atoms with Crippen LogP contribution in [0.4, 0.5) is 0 Å². The molecule has 0 aromatic carbocycles. The minimum absolute atomic E-state index is 0.425. The fraction of sp³-hybridized carbons (Fsp3) is 0.250. The standard InChI is InChI=1S/C12H12ClN3/c1-7-4-5-10(6-14-7)11-12(13)16-9(3)8(2)15-11/h4-6H,1-3H3. The molecule has 0 amide bonds. The van der Waals surface area contributed by atoms with Crippen LogP contribution in [0.1, 0.15) is 17.1 Å². The van der Waals surface area contributed by atoms with E-state index in [0.29, 0.717) is 10.8 Å². The van der Waals surface area contributed by atoms with Crippen LogP contribution in [0.3, 0.4) is 0 Å². The first-order valence-corrected chi connectivity index (χ1v) is 5.39. The monoisotopic (exact) mass is 233 g/mol. The summed E-state index contributed by atoms with van der Waals surface area (Å²) in [4.78, 5) is 12.9. The molecule has 3 nitrogen and oxygen atoms in total. The second-order valence-electron chi connectivity index (χ2n) is 3.72. The van der Waals surface area contributed by atoms with Gasteiger partial charge in [0.05, 0.1) is 11.4 Å². The SMILES string of the molecule is Cc1ccc(-c2nc(C)c(C)nc2Cl)cn1. The average Bonchev–Trinajstić information content (AvgIpc) is 2.25. The summed E-state index contributed by atoms with van der Waals surface area (Å²) >= 11 is 6.07. The van der Waals surface area contributed by atoms with Gasteiger partial charge in [-0.1, -0.05) is 11.6 Å². The van der Waals surface area contributed by atoms with Crippen molar-refractivity contribution in [1.29, 1.82) is 0 Å². The first-order valence-electron chi connectivity index (χ1n) is 5.01. The molecule has 2 aromatic heterocycles. The minimum atomic E-state index is 0.425. The number of hydrogen-bond donors (Lipinski definition) is 0. The highest BCUT2D eigenvalue weighted by Crippen LogP contribution is 2.24. The van der Waals surface area contributed by atoms with Gasteiger partial charge in [0.15, 0.2) is 5.15 Å². The highest BCUT2D eigenvalue weighted by atomic mass is 35.5. The van der Waals surface area contributed by atoms with Gasteiger partial charge in [-0.25, -0.2) is 9.97 Å². The molecule has 0 bridgehead atoms. The molecule has 2 aromatic rings. The lowest BCUT2D eigenvalue weighted by Crippen LogP contribution is -1.96. The van der Waals surface area contributed by atoms with E-state index in [1.54, 1.807) is 6.20 Å². The van der Waals surface area contributed by atoms with Crippen molar-refractivity contribution in [2.75, 3.05) is 0 Å². The van der Waals surface area contributed by atoms with Crippen LogP contribution in [-0.4, -0.2) is 15.0 Å². The maximum absolute atomic E-state index is 6.07. The van der Waals surface area contributed by atoms with E-state index in [1.165, 1.54) is 0 Å². The molecular formula is C12H12ClN3. The Kier molecular flexibility index (Phi) is 2.88. The van der Waals surface area contributed by atoms with Crippen molar-refractivity contribution in [2.24, 2.45) is 0 Å². The van der Waals surface area contributed by atoms with E-state index < -0.39 is 0 Å². The largest absolute Gasteiger partial charge is 0.261 e. The van der Waals surface area contributed by atoms with Crippen molar-refractivity contribution in [3.63, 3.8) is 0 Å². The quantitative estimate of drug-likeness (QED) is 0.760. The van der Waals surface area contributed by atoms with Crippen LogP contribution in [-0.2, 0) is 0 Å². The lowest BCUT2D eigenvalue weighted by atomic mass is 10.2. The Hall–Kier alpha value is -1.48. The molecule has 0 spiro atoms. The molecule has 0 aliphatic rings. The van der Waals surface area contributed by atoms with Crippen LogP contribution in [0.25, 0.3) is 11.3 Å². The molecule has 0 saturated carbocycles. The number of halogens is 1. The lowest BCUT2D eigenvalue weighted by molar-refractivity contribution is 1.05. The molecule has 0 aliphatic heterocycles. The van der Waals surface area contributed by atoms with Gasteiger partial charge < -0.3 is 0 Å². The molecule has 0 aliphatic carbocycles. The molecule has 2 rings (SSSR count).